The molecule has 16 heavy (non-hydrogen) atoms. The Hall–Kier alpha value is -1.48. The van der Waals surface area contributed by atoms with E-state index in [0.29, 0.717) is 11.4 Å². The van der Waals surface area contributed by atoms with Crippen LogP contribution < -0.4 is 0 Å². The summed E-state index contributed by atoms with van der Waals surface area (Å²) >= 11 is 5.92. The Morgan fingerprint density at radius 2 is 2.25 bits per heavy atom. The highest BCUT2D eigenvalue weighted by Gasteiger charge is 2.09. The fourth-order valence-electron chi connectivity index (χ4n) is 1.84. The molecule has 0 amide bonds. The van der Waals surface area contributed by atoms with Crippen LogP contribution in [-0.2, 0) is 11.2 Å². The van der Waals surface area contributed by atoms with Gasteiger partial charge in [0.2, 0.25) is 0 Å². The molecule has 0 aliphatic carbocycles. The van der Waals surface area contributed by atoms with E-state index in [4.69, 9.17) is 16.7 Å². The first-order valence-electron chi connectivity index (χ1n) is 5.06. The van der Waals surface area contributed by atoms with Gasteiger partial charge in [-0.2, -0.15) is 0 Å². The van der Waals surface area contributed by atoms with Crippen LogP contribution in [0.3, 0.4) is 0 Å². The largest absolute Gasteiger partial charge is 0.481 e. The normalized spacial score (nSPS) is 10.9. The van der Waals surface area contributed by atoms with Crippen molar-refractivity contribution in [3.8, 4) is 0 Å². The van der Waals surface area contributed by atoms with E-state index in [0.717, 1.165) is 22.2 Å². The second-order valence-corrected chi connectivity index (χ2v) is 4.25. The molecule has 0 spiro atoms. The van der Waals surface area contributed by atoms with Gasteiger partial charge in [-0.1, -0.05) is 11.6 Å². The quantitative estimate of drug-likeness (QED) is 0.862. The average Bonchev–Trinajstić information content (AvgIpc) is 2.53. The second-order valence-electron chi connectivity index (χ2n) is 3.81. The minimum atomic E-state index is -0.781. The zero-order valence-electron chi connectivity index (χ0n) is 8.88. The smallest absolute Gasteiger partial charge is 0.303 e. The number of carboxylic acid groups (broad SMARTS) is 1. The molecular weight excluding hydrogens is 226 g/mol. The first kappa shape index (κ1) is 11.0. The molecule has 1 aromatic carbocycles. The highest BCUT2D eigenvalue weighted by molar-refractivity contribution is 6.31. The minimum absolute atomic E-state index is 0.140. The maximum Gasteiger partial charge on any atom is 0.303 e. The number of rotatable bonds is 3. The number of aromatic nitrogens is 1. The highest BCUT2D eigenvalue weighted by atomic mass is 35.5. The van der Waals surface area contributed by atoms with Crippen LogP contribution in [0.5, 0.6) is 0 Å². The Morgan fingerprint density at radius 1 is 1.50 bits per heavy atom. The first-order chi connectivity index (χ1) is 7.58. The van der Waals surface area contributed by atoms with Crippen LogP contribution in [0.1, 0.15) is 17.7 Å². The van der Waals surface area contributed by atoms with Crippen molar-refractivity contribution in [3.05, 3.63) is 34.5 Å². The number of fused-ring (bicyclic) bond motifs is 1. The number of hydrogen-bond donors (Lipinski definition) is 2. The van der Waals surface area contributed by atoms with Crippen LogP contribution in [0.15, 0.2) is 18.2 Å². The molecule has 2 rings (SSSR count). The van der Waals surface area contributed by atoms with Crippen LogP contribution in [-0.4, -0.2) is 16.1 Å². The van der Waals surface area contributed by atoms with Gasteiger partial charge in [-0.3, -0.25) is 4.79 Å². The monoisotopic (exact) mass is 237 g/mol. The fraction of sp³-hybridized carbons (Fsp3) is 0.250. The second kappa shape index (κ2) is 4.18. The Labute approximate surface area is 98.0 Å². The third-order valence-electron chi connectivity index (χ3n) is 2.71. The molecule has 0 bridgehead atoms. The number of carbonyl (C=O) groups is 1. The molecule has 84 valence electrons. The number of aryl methyl sites for hydroxylation is 2. The number of aliphatic carboxylic acids is 1. The molecule has 0 atom stereocenters. The lowest BCUT2D eigenvalue weighted by Crippen LogP contribution is -1.98. The Balaban J connectivity index is 2.40. The summed E-state index contributed by atoms with van der Waals surface area (Å²) in [5.41, 5.74) is 3.06. The van der Waals surface area contributed by atoms with Gasteiger partial charge >= 0.3 is 5.97 Å². The maximum atomic E-state index is 10.5. The number of hydrogen-bond acceptors (Lipinski definition) is 1. The topological polar surface area (TPSA) is 53.1 Å². The molecule has 0 saturated carbocycles. The van der Waals surface area contributed by atoms with E-state index in [-0.39, 0.29) is 6.42 Å². The molecule has 0 fully saturated rings. The van der Waals surface area contributed by atoms with Crippen molar-refractivity contribution in [2.45, 2.75) is 19.8 Å². The van der Waals surface area contributed by atoms with Crippen molar-refractivity contribution in [2.24, 2.45) is 0 Å². The molecule has 3 nitrogen and oxygen atoms in total. The molecular formula is C12H12ClNO2. The molecule has 0 saturated heterocycles. The van der Waals surface area contributed by atoms with E-state index < -0.39 is 5.97 Å². The minimum Gasteiger partial charge on any atom is -0.481 e. The van der Waals surface area contributed by atoms with Crippen LogP contribution >= 0.6 is 11.6 Å². The molecule has 1 aromatic heterocycles. The van der Waals surface area contributed by atoms with Gasteiger partial charge in [0.05, 0.1) is 6.42 Å². The molecule has 1 heterocycles. The summed E-state index contributed by atoms with van der Waals surface area (Å²) in [4.78, 5) is 13.7. The summed E-state index contributed by atoms with van der Waals surface area (Å²) < 4.78 is 0. The van der Waals surface area contributed by atoms with Crippen molar-refractivity contribution < 1.29 is 9.90 Å². The molecule has 2 N–H and O–H groups in total. The van der Waals surface area contributed by atoms with Gasteiger partial charge in [-0.15, -0.1) is 0 Å². The van der Waals surface area contributed by atoms with E-state index in [1.165, 1.54) is 0 Å². The lowest BCUT2D eigenvalue weighted by Gasteiger charge is -1.96. The number of benzene rings is 1. The third-order valence-corrected chi connectivity index (χ3v) is 2.95. The molecule has 0 radical (unpaired) electrons. The van der Waals surface area contributed by atoms with Crippen LogP contribution in [0.2, 0.25) is 5.02 Å². The van der Waals surface area contributed by atoms with Gasteiger partial charge < -0.3 is 10.1 Å². The lowest BCUT2D eigenvalue weighted by molar-refractivity contribution is -0.136. The molecule has 2 aromatic rings. The lowest BCUT2D eigenvalue weighted by atomic mass is 10.1. The summed E-state index contributed by atoms with van der Waals surface area (Å²) in [6.07, 6.45) is 0.662. The number of nitrogens with one attached hydrogen (secondary N) is 1. The summed E-state index contributed by atoms with van der Waals surface area (Å²) in [5, 5.41) is 10.4. The van der Waals surface area contributed by atoms with E-state index in [1.807, 2.05) is 25.1 Å². The summed E-state index contributed by atoms with van der Waals surface area (Å²) in [7, 11) is 0. The highest BCUT2D eigenvalue weighted by Crippen LogP contribution is 2.25. The van der Waals surface area contributed by atoms with E-state index in [2.05, 4.69) is 4.98 Å². The Bertz CT molecular complexity index is 545. The van der Waals surface area contributed by atoms with Gasteiger partial charge in [-0.05, 0) is 37.1 Å². The van der Waals surface area contributed by atoms with Crippen molar-refractivity contribution in [1.29, 1.82) is 0 Å². The van der Waals surface area contributed by atoms with E-state index in [9.17, 15) is 4.79 Å². The number of halogens is 1. The van der Waals surface area contributed by atoms with Gasteiger partial charge in [0.25, 0.3) is 0 Å². The van der Waals surface area contributed by atoms with Crippen LogP contribution in [0.4, 0.5) is 0 Å². The van der Waals surface area contributed by atoms with E-state index >= 15 is 0 Å². The third kappa shape index (κ3) is 2.04. The zero-order valence-corrected chi connectivity index (χ0v) is 9.64. The fourth-order valence-corrected chi connectivity index (χ4v) is 2.01. The standard InChI is InChI=1S/C12H12ClNO2/c1-7-9-6-8(13)2-3-11(9)14-10(7)4-5-12(15)16/h2-3,6,14H,4-5H2,1H3,(H,15,16). The van der Waals surface area contributed by atoms with Gasteiger partial charge in [0.15, 0.2) is 0 Å². The number of H-pyrrole nitrogens is 1. The predicted molar refractivity (Wildman–Crippen MR) is 64.0 cm³/mol. The molecule has 0 aliphatic rings. The maximum absolute atomic E-state index is 10.5. The SMILES string of the molecule is Cc1c(CCC(=O)O)[nH]c2ccc(Cl)cc12. The molecule has 0 aliphatic heterocycles. The first-order valence-corrected chi connectivity index (χ1v) is 5.44. The molecule has 4 heteroatoms. The van der Waals surface area contributed by atoms with Crippen molar-refractivity contribution >= 4 is 28.5 Å². The van der Waals surface area contributed by atoms with Crippen LogP contribution in [0.25, 0.3) is 10.9 Å². The average molecular weight is 238 g/mol. The Kier molecular flexibility index (Phi) is 2.88. The summed E-state index contributed by atoms with van der Waals surface area (Å²) in [6.45, 7) is 1.98. The van der Waals surface area contributed by atoms with Crippen molar-refractivity contribution in [2.75, 3.05) is 0 Å². The predicted octanol–water partition coefficient (Wildman–Crippen LogP) is 3.15. The van der Waals surface area contributed by atoms with Crippen molar-refractivity contribution in [3.63, 3.8) is 0 Å². The van der Waals surface area contributed by atoms with Gasteiger partial charge in [0.1, 0.15) is 0 Å². The Morgan fingerprint density at radius 3 is 2.94 bits per heavy atom. The number of aromatic amines is 1. The van der Waals surface area contributed by atoms with E-state index in [1.54, 1.807) is 0 Å². The van der Waals surface area contributed by atoms with Crippen molar-refractivity contribution in [1.82, 2.24) is 4.98 Å². The zero-order chi connectivity index (χ0) is 11.7. The molecule has 0 unspecified atom stereocenters. The number of carboxylic acids is 1. The van der Waals surface area contributed by atoms with Gasteiger partial charge in [0, 0.05) is 21.6 Å². The summed E-state index contributed by atoms with van der Waals surface area (Å²) in [6, 6.07) is 5.63. The summed E-state index contributed by atoms with van der Waals surface area (Å²) in [5.74, 6) is -0.781. The van der Waals surface area contributed by atoms with Crippen LogP contribution in [0, 0.1) is 6.92 Å². The van der Waals surface area contributed by atoms with Gasteiger partial charge in [-0.25, -0.2) is 0 Å².